The zero-order valence-corrected chi connectivity index (χ0v) is 18.4. The summed E-state index contributed by atoms with van der Waals surface area (Å²) in [7, 11) is 0. The van der Waals surface area contributed by atoms with Gasteiger partial charge >= 0.3 is 0 Å². The highest BCUT2D eigenvalue weighted by Crippen LogP contribution is 2.17. The molecule has 3 aromatic rings. The molecule has 1 unspecified atom stereocenters. The number of nitrogens with two attached hydrogens (primary N) is 1. The Morgan fingerprint density at radius 2 is 1.80 bits per heavy atom. The zero-order valence-electron chi connectivity index (χ0n) is 17.6. The molecule has 0 fully saturated rings. The van der Waals surface area contributed by atoms with Crippen LogP contribution in [-0.4, -0.2) is 22.0 Å². The van der Waals surface area contributed by atoms with Gasteiger partial charge in [-0.15, -0.1) is 12.4 Å². The number of nitrogens with zero attached hydrogens (tertiary/aromatic N) is 2. The Bertz CT molecular complexity index is 1060. The smallest absolute Gasteiger partial charge is 0.261 e. The first-order valence-corrected chi connectivity index (χ1v) is 9.93. The third-order valence-electron chi connectivity index (χ3n) is 5.19. The maximum absolute atomic E-state index is 12.6. The second-order valence-corrected chi connectivity index (χ2v) is 7.70. The fourth-order valence-electron chi connectivity index (χ4n) is 3.28. The van der Waals surface area contributed by atoms with Crippen molar-refractivity contribution in [3.8, 4) is 0 Å². The molecule has 1 heterocycles. The van der Waals surface area contributed by atoms with Gasteiger partial charge in [0.15, 0.2) is 0 Å². The summed E-state index contributed by atoms with van der Waals surface area (Å²) >= 11 is 0. The Kier molecular flexibility index (Phi) is 8.15. The van der Waals surface area contributed by atoms with E-state index in [1.54, 1.807) is 6.07 Å². The highest BCUT2D eigenvalue weighted by atomic mass is 35.5. The van der Waals surface area contributed by atoms with E-state index in [-0.39, 0.29) is 42.9 Å². The number of hydrogen-bond acceptors (Lipinski definition) is 4. The van der Waals surface area contributed by atoms with E-state index in [0.29, 0.717) is 23.4 Å². The van der Waals surface area contributed by atoms with E-state index in [2.05, 4.69) is 36.3 Å². The van der Waals surface area contributed by atoms with E-state index in [1.807, 2.05) is 31.2 Å². The lowest BCUT2D eigenvalue weighted by atomic mass is 9.99. The predicted molar refractivity (Wildman–Crippen MR) is 123 cm³/mol. The van der Waals surface area contributed by atoms with Crippen LogP contribution in [0.4, 0.5) is 0 Å². The van der Waals surface area contributed by atoms with E-state index in [0.717, 1.165) is 11.1 Å². The second kappa shape index (κ2) is 10.4. The van der Waals surface area contributed by atoms with Crippen molar-refractivity contribution in [3.05, 3.63) is 75.8 Å². The number of nitrogens with one attached hydrogen (secondary N) is 1. The van der Waals surface area contributed by atoms with Gasteiger partial charge in [-0.05, 0) is 35.6 Å². The second-order valence-electron chi connectivity index (χ2n) is 7.70. The minimum Gasteiger partial charge on any atom is -0.354 e. The molecule has 3 rings (SSSR count). The average Bonchev–Trinajstić information content (AvgIpc) is 2.72. The highest BCUT2D eigenvalue weighted by Gasteiger charge is 2.11. The Morgan fingerprint density at radius 1 is 1.13 bits per heavy atom. The number of carbonyl (C=O) groups is 1. The van der Waals surface area contributed by atoms with Gasteiger partial charge in [0, 0.05) is 25.6 Å². The molecule has 160 valence electrons. The van der Waals surface area contributed by atoms with Gasteiger partial charge < -0.3 is 11.1 Å². The van der Waals surface area contributed by atoms with Crippen molar-refractivity contribution < 1.29 is 4.79 Å². The third kappa shape index (κ3) is 5.46. The summed E-state index contributed by atoms with van der Waals surface area (Å²) < 4.78 is 1.48. The van der Waals surface area contributed by atoms with Crippen LogP contribution in [0.15, 0.2) is 53.6 Å². The van der Waals surface area contributed by atoms with E-state index >= 15 is 0 Å². The summed E-state index contributed by atoms with van der Waals surface area (Å²) in [6.45, 7) is 6.84. The number of benzene rings is 2. The molecule has 0 saturated carbocycles. The van der Waals surface area contributed by atoms with Crippen molar-refractivity contribution in [2.45, 2.75) is 45.7 Å². The van der Waals surface area contributed by atoms with Crippen LogP contribution in [-0.2, 0) is 11.3 Å². The quantitative estimate of drug-likeness (QED) is 0.603. The van der Waals surface area contributed by atoms with Crippen LogP contribution in [0.1, 0.15) is 48.9 Å². The van der Waals surface area contributed by atoms with Gasteiger partial charge in [-0.1, -0.05) is 50.2 Å². The van der Waals surface area contributed by atoms with Crippen molar-refractivity contribution in [3.63, 3.8) is 0 Å². The Morgan fingerprint density at radius 3 is 2.47 bits per heavy atom. The minimum atomic E-state index is -0.270. The average molecular weight is 429 g/mol. The summed E-state index contributed by atoms with van der Waals surface area (Å²) in [5.41, 5.74) is 9.97. The van der Waals surface area contributed by atoms with Crippen molar-refractivity contribution in [2.24, 2.45) is 5.73 Å². The molecule has 2 aromatic carbocycles. The van der Waals surface area contributed by atoms with E-state index < -0.39 is 0 Å². The van der Waals surface area contributed by atoms with Gasteiger partial charge in [-0.25, -0.2) is 4.98 Å². The molecule has 30 heavy (non-hydrogen) atoms. The Hall–Kier alpha value is -2.70. The standard InChI is InChI=1S/C23H28N4O2.ClH/c1-15(2)17-7-9-18(10-8-17)20(24)13-25-21(28)11-12-27-14-26-22-16(3)5-4-6-19(22)23(27)29;/h4-10,14-15,20H,11-13,24H2,1-3H3,(H,25,28);1H. The summed E-state index contributed by atoms with van der Waals surface area (Å²) in [5.74, 6) is 0.326. The SMILES string of the molecule is Cc1cccc2c(=O)n(CCC(=O)NCC(N)c3ccc(C(C)C)cc3)cnc12.Cl. The summed E-state index contributed by atoms with van der Waals surface area (Å²) in [4.78, 5) is 29.2. The summed E-state index contributed by atoms with van der Waals surface area (Å²) in [6.07, 6.45) is 1.70. The van der Waals surface area contributed by atoms with Crippen LogP contribution in [0, 0.1) is 6.92 Å². The largest absolute Gasteiger partial charge is 0.354 e. The number of rotatable bonds is 7. The lowest BCUT2D eigenvalue weighted by molar-refractivity contribution is -0.121. The van der Waals surface area contributed by atoms with E-state index in [4.69, 9.17) is 5.73 Å². The van der Waals surface area contributed by atoms with Gasteiger partial charge in [0.2, 0.25) is 5.91 Å². The zero-order chi connectivity index (χ0) is 21.0. The normalized spacial score (nSPS) is 11.9. The molecule has 0 saturated heterocycles. The first-order chi connectivity index (χ1) is 13.9. The molecule has 7 heteroatoms. The van der Waals surface area contributed by atoms with Crippen LogP contribution in [0.5, 0.6) is 0 Å². The number of halogens is 1. The lowest BCUT2D eigenvalue weighted by Crippen LogP contribution is -2.33. The molecule has 0 bridgehead atoms. The molecule has 1 amide bonds. The molecule has 1 aromatic heterocycles. The molecule has 0 radical (unpaired) electrons. The maximum atomic E-state index is 12.6. The molecular weight excluding hydrogens is 400 g/mol. The molecule has 0 aliphatic carbocycles. The van der Waals surface area contributed by atoms with Crippen molar-refractivity contribution in [2.75, 3.05) is 6.54 Å². The van der Waals surface area contributed by atoms with Crippen molar-refractivity contribution in [1.29, 1.82) is 0 Å². The highest BCUT2D eigenvalue weighted by molar-refractivity contribution is 5.85. The maximum Gasteiger partial charge on any atom is 0.261 e. The number of fused-ring (bicyclic) bond motifs is 1. The van der Waals surface area contributed by atoms with Gasteiger partial charge in [0.25, 0.3) is 5.56 Å². The monoisotopic (exact) mass is 428 g/mol. The summed E-state index contributed by atoms with van der Waals surface area (Å²) in [5, 5.41) is 3.42. The molecule has 0 aliphatic heterocycles. The number of carbonyl (C=O) groups excluding carboxylic acids is 1. The number of aryl methyl sites for hydroxylation is 2. The minimum absolute atomic E-state index is 0. The van der Waals surface area contributed by atoms with E-state index in [9.17, 15) is 9.59 Å². The number of hydrogen-bond donors (Lipinski definition) is 2. The van der Waals surface area contributed by atoms with Gasteiger partial charge in [-0.2, -0.15) is 0 Å². The van der Waals surface area contributed by atoms with Crippen LogP contribution in [0.25, 0.3) is 10.9 Å². The molecular formula is C23H29ClN4O2. The number of aromatic nitrogens is 2. The Balaban J connectivity index is 0.00000320. The first kappa shape index (κ1) is 23.6. The topological polar surface area (TPSA) is 90.0 Å². The van der Waals surface area contributed by atoms with Crippen LogP contribution in [0.2, 0.25) is 0 Å². The predicted octanol–water partition coefficient (Wildman–Crippen LogP) is 3.46. The van der Waals surface area contributed by atoms with Crippen LogP contribution < -0.4 is 16.6 Å². The number of para-hydroxylation sites is 1. The number of amides is 1. The van der Waals surface area contributed by atoms with Crippen LogP contribution in [0.3, 0.4) is 0 Å². The Labute approximate surface area is 182 Å². The molecule has 0 spiro atoms. The fraction of sp³-hybridized carbons (Fsp3) is 0.348. The summed E-state index contributed by atoms with van der Waals surface area (Å²) in [6, 6.07) is 13.4. The fourth-order valence-corrected chi connectivity index (χ4v) is 3.28. The third-order valence-corrected chi connectivity index (χ3v) is 5.19. The lowest BCUT2D eigenvalue weighted by Gasteiger charge is -2.15. The van der Waals surface area contributed by atoms with Gasteiger partial charge in [0.1, 0.15) is 0 Å². The molecule has 6 nitrogen and oxygen atoms in total. The van der Waals surface area contributed by atoms with Gasteiger partial charge in [-0.3, -0.25) is 14.2 Å². The molecule has 0 aliphatic rings. The molecule has 3 N–H and O–H groups in total. The van der Waals surface area contributed by atoms with Crippen LogP contribution >= 0.6 is 12.4 Å². The first-order valence-electron chi connectivity index (χ1n) is 9.93. The van der Waals surface area contributed by atoms with Crippen molar-refractivity contribution in [1.82, 2.24) is 14.9 Å². The molecule has 1 atom stereocenters. The van der Waals surface area contributed by atoms with E-state index in [1.165, 1.54) is 16.5 Å². The van der Waals surface area contributed by atoms with Gasteiger partial charge in [0.05, 0.1) is 17.2 Å². The van der Waals surface area contributed by atoms with Crippen molar-refractivity contribution >= 4 is 29.2 Å².